The highest BCUT2D eigenvalue weighted by atomic mass is 79.9. The van der Waals surface area contributed by atoms with E-state index in [1.54, 1.807) is 25.1 Å². The molecule has 0 fully saturated rings. The number of nitrogens with one attached hydrogen (secondary N) is 1. The number of hydrogen-bond acceptors (Lipinski definition) is 3. The summed E-state index contributed by atoms with van der Waals surface area (Å²) in [5, 5.41) is 7.75. The van der Waals surface area contributed by atoms with Crippen molar-refractivity contribution in [1.29, 1.82) is 5.26 Å². The van der Waals surface area contributed by atoms with Crippen molar-refractivity contribution in [1.82, 2.24) is 0 Å². The van der Waals surface area contributed by atoms with Crippen LogP contribution in [0.3, 0.4) is 0 Å². The first-order chi connectivity index (χ1) is 8.31. The summed E-state index contributed by atoms with van der Waals surface area (Å²) in [6.07, 6.45) is 0.234. The molecule has 1 N–H and O–H groups in total. The van der Waals surface area contributed by atoms with E-state index in [2.05, 4.69) is 52.5 Å². The highest BCUT2D eigenvalue weighted by Crippen LogP contribution is 2.35. The largest absolute Gasteiger partial charge is 0.280 e. The Kier molecular flexibility index (Phi) is 5.65. The van der Waals surface area contributed by atoms with Crippen molar-refractivity contribution < 1.29 is 8.42 Å². The Balaban J connectivity index is 3.17. The summed E-state index contributed by atoms with van der Waals surface area (Å²) >= 11 is 9.84. The fourth-order valence-electron chi connectivity index (χ4n) is 1.23. The highest BCUT2D eigenvalue weighted by molar-refractivity contribution is 9.11. The lowest BCUT2D eigenvalue weighted by atomic mass is 10.3. The Morgan fingerprint density at radius 2 is 1.83 bits per heavy atom. The monoisotopic (exact) mass is 458 g/mol. The summed E-state index contributed by atoms with van der Waals surface area (Å²) in [5.74, 6) is 0. The van der Waals surface area contributed by atoms with E-state index in [0.717, 1.165) is 4.47 Å². The Morgan fingerprint density at radius 3 is 2.22 bits per heavy atom. The van der Waals surface area contributed by atoms with E-state index in [1.807, 2.05) is 0 Å². The summed E-state index contributed by atoms with van der Waals surface area (Å²) in [7, 11) is -3.72. The van der Waals surface area contributed by atoms with Crippen LogP contribution in [0.1, 0.15) is 13.3 Å². The van der Waals surface area contributed by atoms with Crippen molar-refractivity contribution in [2.75, 3.05) is 4.72 Å². The third-order valence-corrected chi connectivity index (χ3v) is 5.53. The molecule has 0 aliphatic heterocycles. The molecule has 1 rings (SSSR count). The molecule has 1 aromatic carbocycles. The van der Waals surface area contributed by atoms with Gasteiger partial charge >= 0.3 is 0 Å². The summed E-state index contributed by atoms with van der Waals surface area (Å²) in [4.78, 5) is 0. The van der Waals surface area contributed by atoms with E-state index in [1.165, 1.54) is 0 Å². The molecule has 0 heterocycles. The van der Waals surface area contributed by atoms with Crippen LogP contribution >= 0.6 is 47.8 Å². The van der Waals surface area contributed by atoms with Crippen LogP contribution in [0.4, 0.5) is 5.69 Å². The van der Waals surface area contributed by atoms with Gasteiger partial charge in [0.05, 0.1) is 11.8 Å². The molecule has 0 aromatic heterocycles. The summed E-state index contributed by atoms with van der Waals surface area (Å²) in [6.45, 7) is 1.65. The molecule has 1 unspecified atom stereocenters. The van der Waals surface area contributed by atoms with E-state index in [4.69, 9.17) is 5.26 Å². The summed E-state index contributed by atoms with van der Waals surface area (Å²) in [5.41, 5.74) is 0.381. The van der Waals surface area contributed by atoms with Crippen LogP contribution in [0.2, 0.25) is 0 Å². The smallest absolute Gasteiger partial charge is 0.249 e. The molecule has 0 saturated carbocycles. The molecular formula is C10H9Br3N2O2S. The second-order valence-corrected chi connectivity index (χ2v) is 7.91. The highest BCUT2D eigenvalue weighted by Gasteiger charge is 2.25. The molecular weight excluding hydrogens is 452 g/mol. The Hall–Kier alpha value is -0.100. The molecule has 0 spiro atoms. The van der Waals surface area contributed by atoms with E-state index < -0.39 is 15.3 Å². The van der Waals surface area contributed by atoms with Gasteiger partial charge in [0, 0.05) is 13.4 Å². The zero-order valence-corrected chi connectivity index (χ0v) is 14.8. The second kappa shape index (κ2) is 6.37. The first kappa shape index (κ1) is 16.0. The van der Waals surface area contributed by atoms with Crippen LogP contribution < -0.4 is 4.72 Å². The van der Waals surface area contributed by atoms with Gasteiger partial charge in [-0.3, -0.25) is 4.72 Å². The number of sulfonamides is 1. The molecule has 0 saturated heterocycles. The van der Waals surface area contributed by atoms with Crippen LogP contribution in [0.5, 0.6) is 0 Å². The number of hydrogen-bond donors (Lipinski definition) is 1. The zero-order valence-electron chi connectivity index (χ0n) is 9.25. The first-order valence-corrected chi connectivity index (χ1v) is 8.80. The zero-order chi connectivity index (χ0) is 13.9. The topological polar surface area (TPSA) is 70.0 Å². The molecule has 0 aliphatic rings. The maximum Gasteiger partial charge on any atom is 0.249 e. The predicted octanol–water partition coefficient (Wildman–Crippen LogP) is 4.02. The first-order valence-electron chi connectivity index (χ1n) is 4.87. The molecule has 0 aliphatic carbocycles. The van der Waals surface area contributed by atoms with Gasteiger partial charge in [-0.05, 0) is 50.4 Å². The van der Waals surface area contributed by atoms with Gasteiger partial charge in [-0.25, -0.2) is 8.42 Å². The Bertz CT molecular complexity index is 573. The van der Waals surface area contributed by atoms with Crippen molar-refractivity contribution >= 4 is 63.5 Å². The number of nitriles is 1. The molecule has 0 amide bonds. The number of rotatable bonds is 4. The molecule has 0 bridgehead atoms. The van der Waals surface area contributed by atoms with E-state index in [-0.39, 0.29) is 6.42 Å². The lowest BCUT2D eigenvalue weighted by Gasteiger charge is -2.14. The van der Waals surface area contributed by atoms with Gasteiger partial charge in [-0.1, -0.05) is 22.9 Å². The van der Waals surface area contributed by atoms with Crippen molar-refractivity contribution in [3.05, 3.63) is 25.6 Å². The van der Waals surface area contributed by atoms with Crippen LogP contribution in [0, 0.1) is 11.3 Å². The molecule has 0 radical (unpaired) electrons. The number of benzene rings is 1. The van der Waals surface area contributed by atoms with E-state index in [9.17, 15) is 8.42 Å². The minimum absolute atomic E-state index is 0.234. The molecule has 1 aromatic rings. The van der Waals surface area contributed by atoms with E-state index in [0.29, 0.717) is 14.6 Å². The average Bonchev–Trinajstić information content (AvgIpc) is 2.24. The van der Waals surface area contributed by atoms with Crippen LogP contribution in [-0.2, 0) is 10.0 Å². The minimum atomic E-state index is -3.72. The average molecular weight is 461 g/mol. The molecule has 18 heavy (non-hydrogen) atoms. The lowest BCUT2D eigenvalue weighted by molar-refractivity contribution is 0.593. The third-order valence-electron chi connectivity index (χ3n) is 2.14. The van der Waals surface area contributed by atoms with Crippen molar-refractivity contribution in [3.63, 3.8) is 0 Å². The molecule has 4 nitrogen and oxygen atoms in total. The van der Waals surface area contributed by atoms with Crippen LogP contribution in [0.25, 0.3) is 0 Å². The maximum absolute atomic E-state index is 12.0. The van der Waals surface area contributed by atoms with Crippen molar-refractivity contribution in [3.8, 4) is 6.07 Å². The lowest BCUT2D eigenvalue weighted by Crippen LogP contribution is -2.26. The van der Waals surface area contributed by atoms with E-state index >= 15 is 0 Å². The van der Waals surface area contributed by atoms with Crippen LogP contribution in [-0.4, -0.2) is 13.7 Å². The number of halogens is 3. The Morgan fingerprint density at radius 1 is 1.33 bits per heavy atom. The predicted molar refractivity (Wildman–Crippen MR) is 81.8 cm³/mol. The third kappa shape index (κ3) is 3.70. The maximum atomic E-state index is 12.0. The minimum Gasteiger partial charge on any atom is -0.280 e. The SMILES string of the molecule is CCC(C#N)S(=O)(=O)Nc1c(Br)cc(Br)cc1Br. The fraction of sp³-hybridized carbons (Fsp3) is 0.300. The van der Waals surface area contributed by atoms with Crippen molar-refractivity contribution in [2.24, 2.45) is 0 Å². The van der Waals surface area contributed by atoms with Gasteiger partial charge in [0.15, 0.2) is 5.25 Å². The quantitative estimate of drug-likeness (QED) is 0.737. The van der Waals surface area contributed by atoms with Gasteiger partial charge in [-0.2, -0.15) is 5.26 Å². The molecule has 98 valence electrons. The number of nitrogens with zero attached hydrogens (tertiary/aromatic N) is 1. The normalized spacial score (nSPS) is 12.8. The molecule has 1 atom stereocenters. The molecule has 8 heteroatoms. The Labute approximate surface area is 131 Å². The van der Waals surface area contributed by atoms with Gasteiger partial charge in [0.25, 0.3) is 0 Å². The van der Waals surface area contributed by atoms with Gasteiger partial charge < -0.3 is 0 Å². The van der Waals surface area contributed by atoms with Gasteiger partial charge in [-0.15, -0.1) is 0 Å². The second-order valence-electron chi connectivity index (χ2n) is 3.42. The standard InChI is InChI=1S/C10H9Br3N2O2S/c1-2-7(5-14)18(16,17)15-10-8(12)3-6(11)4-9(10)13/h3-4,7,15H,2H2,1H3. The van der Waals surface area contributed by atoms with Gasteiger partial charge in [0.1, 0.15) is 0 Å². The fourth-order valence-corrected chi connectivity index (χ4v) is 5.18. The van der Waals surface area contributed by atoms with Crippen molar-refractivity contribution in [2.45, 2.75) is 18.6 Å². The van der Waals surface area contributed by atoms with Crippen LogP contribution in [0.15, 0.2) is 25.6 Å². The summed E-state index contributed by atoms with van der Waals surface area (Å²) < 4.78 is 28.3. The van der Waals surface area contributed by atoms with Gasteiger partial charge in [0.2, 0.25) is 10.0 Å². The summed E-state index contributed by atoms with van der Waals surface area (Å²) in [6, 6.07) is 5.21. The number of anilines is 1.